The van der Waals surface area contributed by atoms with Crippen LogP contribution in [0.15, 0.2) is 139 Å². The first-order valence-corrected chi connectivity index (χ1v) is 21.4. The molecule has 328 valence electrons. The molecule has 1 aliphatic carbocycles. The summed E-state index contributed by atoms with van der Waals surface area (Å²) in [6.07, 6.45) is 3.83. The molecule has 9 rings (SSSR count). The predicted octanol–water partition coefficient (Wildman–Crippen LogP) is 7.31. The van der Waals surface area contributed by atoms with E-state index in [1.807, 2.05) is 65.6 Å². The van der Waals surface area contributed by atoms with Crippen molar-refractivity contribution < 1.29 is 43.4 Å². The van der Waals surface area contributed by atoms with Gasteiger partial charge in [-0.25, -0.2) is 9.69 Å². The number of esters is 1. The van der Waals surface area contributed by atoms with Crippen molar-refractivity contribution in [3.8, 4) is 17.6 Å². The van der Waals surface area contributed by atoms with Gasteiger partial charge in [-0.1, -0.05) is 96.8 Å². The lowest BCUT2D eigenvalue weighted by atomic mass is 9.65. The van der Waals surface area contributed by atoms with Gasteiger partial charge in [-0.3, -0.25) is 29.4 Å². The molecule has 1 spiro atoms. The van der Waals surface area contributed by atoms with Gasteiger partial charge in [0, 0.05) is 23.3 Å². The number of nitro benzene ring substituents is 1. The molecule has 2 fully saturated rings. The van der Waals surface area contributed by atoms with Gasteiger partial charge < -0.3 is 25.1 Å². The lowest BCUT2D eigenvalue weighted by molar-refractivity contribution is -0.384. The fourth-order valence-corrected chi connectivity index (χ4v) is 9.99. The van der Waals surface area contributed by atoms with Crippen LogP contribution in [0.2, 0.25) is 0 Å². The van der Waals surface area contributed by atoms with Crippen molar-refractivity contribution in [3.63, 3.8) is 0 Å². The normalized spacial score (nSPS) is 23.4. The number of carbonyl (C=O) groups is 4. The Bertz CT molecular complexity index is 2770. The maximum atomic E-state index is 16.2. The topological polar surface area (TPSA) is 192 Å². The summed E-state index contributed by atoms with van der Waals surface area (Å²) >= 11 is 0. The van der Waals surface area contributed by atoms with Crippen molar-refractivity contribution in [2.24, 2.45) is 11.7 Å². The van der Waals surface area contributed by atoms with Crippen LogP contribution in [0, 0.1) is 27.9 Å². The summed E-state index contributed by atoms with van der Waals surface area (Å²) < 4.78 is 18.4. The molecule has 3 N–H and O–H groups in total. The number of hydrogen-bond donors (Lipinski definition) is 2. The molecule has 2 saturated heterocycles. The van der Waals surface area contributed by atoms with Crippen LogP contribution in [0.4, 0.5) is 16.2 Å². The largest absolute Gasteiger partial charge is 0.491 e. The van der Waals surface area contributed by atoms with Crippen molar-refractivity contribution in [3.05, 3.63) is 183 Å². The number of nitrogens with two attached hydrogens (primary N) is 1. The van der Waals surface area contributed by atoms with Crippen LogP contribution in [0.1, 0.15) is 77.3 Å². The van der Waals surface area contributed by atoms with Crippen molar-refractivity contribution in [2.45, 2.75) is 61.9 Å². The van der Waals surface area contributed by atoms with E-state index < -0.39 is 64.4 Å². The number of non-ortho nitro benzene ring substituents is 1. The van der Waals surface area contributed by atoms with Gasteiger partial charge in [0.05, 0.1) is 35.2 Å². The van der Waals surface area contributed by atoms with Gasteiger partial charge in [0.2, 0.25) is 11.8 Å². The second-order valence-electron chi connectivity index (χ2n) is 16.4. The minimum Gasteiger partial charge on any atom is -0.491 e. The van der Waals surface area contributed by atoms with E-state index in [1.54, 1.807) is 42.5 Å². The zero-order chi connectivity index (χ0) is 45.2. The Balaban J connectivity index is 1.30. The number of morpholine rings is 1. The summed E-state index contributed by atoms with van der Waals surface area (Å²) in [4.78, 5) is 73.9. The summed E-state index contributed by atoms with van der Waals surface area (Å²) in [5.41, 5.74) is 8.08. The van der Waals surface area contributed by atoms with E-state index in [4.69, 9.17) is 19.9 Å². The van der Waals surface area contributed by atoms with E-state index >= 15 is 9.59 Å². The first kappa shape index (κ1) is 42.7. The Morgan fingerprint density at radius 1 is 0.877 bits per heavy atom. The Morgan fingerprint density at radius 2 is 1.58 bits per heavy atom. The average Bonchev–Trinajstić information content (AvgIpc) is 3.79. The summed E-state index contributed by atoms with van der Waals surface area (Å²) in [6, 6.07) is 32.1. The highest BCUT2D eigenvalue weighted by molar-refractivity contribution is 6.23. The molecule has 14 nitrogen and oxygen atoms in total. The Labute approximate surface area is 374 Å². The van der Waals surface area contributed by atoms with Crippen LogP contribution in [0.25, 0.3) is 0 Å². The lowest BCUT2D eigenvalue weighted by Gasteiger charge is -2.46. The number of nitro groups is 1. The average molecular weight is 873 g/mol. The number of fused-ring (bicyclic) bond motifs is 3. The van der Waals surface area contributed by atoms with Crippen molar-refractivity contribution in [2.75, 3.05) is 18.1 Å². The van der Waals surface area contributed by atoms with Gasteiger partial charge in [-0.05, 0) is 89.9 Å². The number of carbonyl (C=O) groups excluding carboxylic acids is 4. The number of primary amides is 1. The number of imide groups is 1. The molecule has 4 aliphatic rings. The van der Waals surface area contributed by atoms with E-state index in [1.165, 1.54) is 24.3 Å². The Morgan fingerprint density at radius 3 is 2.26 bits per heavy atom. The molecule has 5 aromatic carbocycles. The fraction of sp³-hybridized carbons (Fsp3) is 0.255. The molecular formula is C51H44N4O10. The van der Waals surface area contributed by atoms with E-state index in [0.717, 1.165) is 36.2 Å². The second kappa shape index (κ2) is 17.9. The Hall–Kier alpha value is -7.60. The summed E-state index contributed by atoms with van der Waals surface area (Å²) in [7, 11) is 0. The highest BCUT2D eigenvalue weighted by atomic mass is 16.6. The second-order valence-corrected chi connectivity index (χ2v) is 16.4. The molecule has 3 heterocycles. The standard InChI is InChI=1S/C51H44N4O10/c52-47(57)42-44-48(58)65-45(36-16-8-3-9-17-36)43(35-14-6-2-7-15-35)54(44)46(38-18-10-11-19-41(38)63-29-28-56)51(42)39-30-33(21-20-32-12-4-1-5-13-32)24-27-40(39)53(49(51)59)50(60)64-31-34-22-25-37(26-23-34)55(61)62/h2-3,6-12,14-19,22-27,30,42-46,56H,1,4-5,13,28-29,31H2,(H2,52,57). The van der Waals surface area contributed by atoms with Gasteiger partial charge in [0.1, 0.15) is 36.5 Å². The zero-order valence-electron chi connectivity index (χ0n) is 35.1. The minimum absolute atomic E-state index is 0.0835. The molecule has 3 amide bonds. The van der Waals surface area contributed by atoms with Crippen LogP contribution in [0.5, 0.6) is 5.75 Å². The number of nitrogens with zero attached hydrogens (tertiary/aromatic N) is 3. The number of amides is 3. The number of benzene rings is 5. The third-order valence-corrected chi connectivity index (χ3v) is 12.7. The van der Waals surface area contributed by atoms with E-state index in [9.17, 15) is 24.8 Å². The molecule has 65 heavy (non-hydrogen) atoms. The molecule has 3 aliphatic heterocycles. The monoisotopic (exact) mass is 872 g/mol. The molecule has 14 heteroatoms. The molecule has 6 atom stereocenters. The summed E-state index contributed by atoms with van der Waals surface area (Å²) in [5.74, 6) is 2.44. The number of aliphatic hydroxyl groups excluding tert-OH is 1. The molecule has 6 unspecified atom stereocenters. The van der Waals surface area contributed by atoms with Crippen LogP contribution in [-0.2, 0) is 35.9 Å². The first-order chi connectivity index (χ1) is 31.6. The van der Waals surface area contributed by atoms with Crippen LogP contribution in [0.3, 0.4) is 0 Å². The van der Waals surface area contributed by atoms with Gasteiger partial charge in [0.15, 0.2) is 0 Å². The molecule has 0 radical (unpaired) electrons. The molecule has 0 aromatic heterocycles. The molecule has 5 aromatic rings. The van der Waals surface area contributed by atoms with E-state index in [-0.39, 0.29) is 42.5 Å². The number of anilines is 1. The van der Waals surface area contributed by atoms with Crippen molar-refractivity contribution in [1.29, 1.82) is 0 Å². The van der Waals surface area contributed by atoms with Gasteiger partial charge >= 0.3 is 12.1 Å². The third kappa shape index (κ3) is 7.58. The number of para-hydroxylation sites is 1. The lowest BCUT2D eigenvalue weighted by Crippen LogP contribution is -2.55. The van der Waals surface area contributed by atoms with Crippen LogP contribution < -0.4 is 15.4 Å². The van der Waals surface area contributed by atoms with Crippen LogP contribution >= 0.6 is 0 Å². The third-order valence-electron chi connectivity index (χ3n) is 12.7. The van der Waals surface area contributed by atoms with E-state index in [2.05, 4.69) is 17.9 Å². The first-order valence-electron chi connectivity index (χ1n) is 21.4. The smallest absolute Gasteiger partial charge is 0.421 e. The zero-order valence-corrected chi connectivity index (χ0v) is 35.1. The number of rotatable bonds is 10. The van der Waals surface area contributed by atoms with Gasteiger partial charge in [-0.2, -0.15) is 0 Å². The number of cyclic esters (lactones) is 1. The summed E-state index contributed by atoms with van der Waals surface area (Å²) in [5, 5.41) is 21.3. The van der Waals surface area contributed by atoms with Gasteiger partial charge in [-0.15, -0.1) is 0 Å². The highest BCUT2D eigenvalue weighted by Crippen LogP contribution is 2.66. The van der Waals surface area contributed by atoms with Crippen molar-refractivity contribution >= 4 is 35.3 Å². The summed E-state index contributed by atoms with van der Waals surface area (Å²) in [6.45, 7) is -0.834. The predicted molar refractivity (Wildman–Crippen MR) is 237 cm³/mol. The number of hydrogen-bond acceptors (Lipinski definition) is 11. The molecule has 0 bridgehead atoms. The highest BCUT2D eigenvalue weighted by Gasteiger charge is 2.76. The quantitative estimate of drug-likeness (QED) is 0.0619. The number of ether oxygens (including phenoxy) is 3. The maximum absolute atomic E-state index is 16.2. The van der Waals surface area contributed by atoms with E-state index in [0.29, 0.717) is 27.8 Å². The van der Waals surface area contributed by atoms with Crippen LogP contribution in [-0.4, -0.2) is 58.1 Å². The van der Waals surface area contributed by atoms with Crippen molar-refractivity contribution in [1.82, 2.24) is 4.90 Å². The molecular weight excluding hydrogens is 829 g/mol. The minimum atomic E-state index is -2.14. The van der Waals surface area contributed by atoms with Gasteiger partial charge in [0.25, 0.3) is 5.69 Å². The maximum Gasteiger partial charge on any atom is 0.421 e. The molecule has 0 saturated carbocycles. The number of aliphatic hydroxyl groups is 1. The fourth-order valence-electron chi connectivity index (χ4n) is 9.99. The SMILES string of the molecule is NC(=O)C1C2C(=O)OC(c3ccccc3)C(c3ccccc3)N2C(c2ccccc2OCCO)C12C(=O)N(C(=O)OCc1ccc([N+](=O)[O-])cc1)c1ccc(C#CC3=CCCCC3)cc12. The number of allylic oxidation sites excluding steroid dienone is 2. The Kier molecular flexibility index (Phi) is 11.7.